The molecule has 2 aromatic rings. The zero-order chi connectivity index (χ0) is 23.0. The van der Waals surface area contributed by atoms with Crippen LogP contribution in [0.5, 0.6) is 0 Å². The standard InChI is InChI=1S/C20H16F6N2O3/c21-14-5-1-12(2-6-14)19(23,24)10-27-16(29)9-17(30)28(18(27)31)11-20(25,26)13-3-7-15(22)8-4-13/h1-8,18,31H,9-11H2. The van der Waals surface area contributed by atoms with Gasteiger partial charge >= 0.3 is 0 Å². The van der Waals surface area contributed by atoms with E-state index in [4.69, 9.17) is 0 Å². The fourth-order valence-corrected chi connectivity index (χ4v) is 3.10. The van der Waals surface area contributed by atoms with Gasteiger partial charge in [-0.3, -0.25) is 19.4 Å². The number of hydrogen-bond donors (Lipinski definition) is 1. The maximum absolute atomic E-state index is 14.6. The van der Waals surface area contributed by atoms with Crippen molar-refractivity contribution in [3.8, 4) is 0 Å². The van der Waals surface area contributed by atoms with Crippen LogP contribution >= 0.6 is 0 Å². The summed E-state index contributed by atoms with van der Waals surface area (Å²) in [6, 6.07) is 6.22. The average Bonchev–Trinajstić information content (AvgIpc) is 2.69. The van der Waals surface area contributed by atoms with Crippen LogP contribution in [-0.4, -0.2) is 46.2 Å². The lowest BCUT2D eigenvalue weighted by molar-refractivity contribution is -0.202. The highest BCUT2D eigenvalue weighted by atomic mass is 19.3. The van der Waals surface area contributed by atoms with Gasteiger partial charge in [0.05, 0.1) is 13.1 Å². The number of amides is 2. The van der Waals surface area contributed by atoms with Crippen molar-refractivity contribution in [1.29, 1.82) is 0 Å². The summed E-state index contributed by atoms with van der Waals surface area (Å²) in [6.45, 7) is -2.85. The highest BCUT2D eigenvalue weighted by molar-refractivity contribution is 5.99. The minimum atomic E-state index is -3.77. The van der Waals surface area contributed by atoms with Crippen molar-refractivity contribution in [3.05, 3.63) is 71.3 Å². The van der Waals surface area contributed by atoms with Gasteiger partial charge in [-0.2, -0.15) is 17.6 Å². The Morgan fingerprint density at radius 3 is 1.39 bits per heavy atom. The van der Waals surface area contributed by atoms with E-state index in [0.29, 0.717) is 0 Å². The predicted octanol–water partition coefficient (Wildman–Crippen LogP) is 3.19. The largest absolute Gasteiger partial charge is 0.356 e. The lowest BCUT2D eigenvalue weighted by Gasteiger charge is -2.42. The number of carbonyl (C=O) groups excluding carboxylic acids is 2. The van der Waals surface area contributed by atoms with Crippen LogP contribution in [0.15, 0.2) is 48.5 Å². The summed E-state index contributed by atoms with van der Waals surface area (Å²) >= 11 is 0. The lowest BCUT2D eigenvalue weighted by Crippen LogP contribution is -2.62. The molecule has 1 aliphatic rings. The summed E-state index contributed by atoms with van der Waals surface area (Å²) in [5, 5.41) is 10.3. The molecule has 1 fully saturated rings. The molecule has 31 heavy (non-hydrogen) atoms. The summed E-state index contributed by atoms with van der Waals surface area (Å²) in [6.07, 6.45) is -3.39. The van der Waals surface area contributed by atoms with E-state index in [-0.39, 0.29) is 9.80 Å². The molecule has 0 saturated carbocycles. The predicted molar refractivity (Wildman–Crippen MR) is 94.6 cm³/mol. The van der Waals surface area contributed by atoms with Gasteiger partial charge in [0.25, 0.3) is 11.8 Å². The summed E-state index contributed by atoms with van der Waals surface area (Å²) in [5.74, 6) is -11.4. The first-order valence-corrected chi connectivity index (χ1v) is 8.95. The molecule has 1 aliphatic heterocycles. The van der Waals surface area contributed by atoms with E-state index in [1.165, 1.54) is 0 Å². The number of aliphatic hydroxyl groups excluding tert-OH is 1. The van der Waals surface area contributed by atoms with E-state index in [0.717, 1.165) is 48.5 Å². The first-order chi connectivity index (χ1) is 14.4. The molecule has 1 N–H and O–H groups in total. The van der Waals surface area contributed by atoms with Gasteiger partial charge in [0, 0.05) is 11.1 Å². The van der Waals surface area contributed by atoms with Gasteiger partial charge in [0.2, 0.25) is 18.2 Å². The number of carbonyl (C=O) groups is 2. The van der Waals surface area contributed by atoms with Gasteiger partial charge in [0.15, 0.2) is 0 Å². The SMILES string of the molecule is O=C1CC(=O)N(CC(F)(F)c2ccc(F)cc2)C(O)N1CC(F)(F)c1ccc(F)cc1. The monoisotopic (exact) mass is 446 g/mol. The summed E-state index contributed by atoms with van der Waals surface area (Å²) in [4.78, 5) is 24.6. The van der Waals surface area contributed by atoms with E-state index >= 15 is 0 Å². The van der Waals surface area contributed by atoms with Crippen molar-refractivity contribution in [2.24, 2.45) is 0 Å². The molecule has 0 spiro atoms. The van der Waals surface area contributed by atoms with Crippen molar-refractivity contribution in [2.45, 2.75) is 24.6 Å². The van der Waals surface area contributed by atoms with Crippen molar-refractivity contribution >= 4 is 11.8 Å². The first kappa shape index (κ1) is 22.6. The Morgan fingerprint density at radius 2 is 1.06 bits per heavy atom. The number of hydrogen-bond acceptors (Lipinski definition) is 3. The van der Waals surface area contributed by atoms with Crippen molar-refractivity contribution in [3.63, 3.8) is 0 Å². The Kier molecular flexibility index (Phi) is 5.99. The van der Waals surface area contributed by atoms with Crippen LogP contribution in [0.3, 0.4) is 0 Å². The van der Waals surface area contributed by atoms with Crippen LogP contribution in [0.4, 0.5) is 26.3 Å². The molecule has 0 aromatic heterocycles. The second-order valence-electron chi connectivity index (χ2n) is 6.99. The van der Waals surface area contributed by atoms with Gasteiger partial charge in [-0.15, -0.1) is 0 Å². The minimum Gasteiger partial charge on any atom is -0.356 e. The summed E-state index contributed by atoms with van der Waals surface area (Å²) in [5.41, 5.74) is -1.34. The third-order valence-corrected chi connectivity index (χ3v) is 4.77. The molecule has 2 aromatic carbocycles. The van der Waals surface area contributed by atoms with Gasteiger partial charge in [0.1, 0.15) is 18.1 Å². The molecule has 11 heteroatoms. The van der Waals surface area contributed by atoms with Crippen molar-refractivity contribution in [1.82, 2.24) is 9.80 Å². The third kappa shape index (κ3) is 4.82. The molecule has 3 rings (SSSR count). The first-order valence-electron chi connectivity index (χ1n) is 8.95. The van der Waals surface area contributed by atoms with E-state index in [9.17, 15) is 41.0 Å². The molecule has 0 aliphatic carbocycles. The molecule has 0 unspecified atom stereocenters. The van der Waals surface area contributed by atoms with E-state index in [1.54, 1.807) is 0 Å². The van der Waals surface area contributed by atoms with Crippen molar-refractivity contribution in [2.75, 3.05) is 13.1 Å². The van der Waals surface area contributed by atoms with Crippen LogP contribution in [0.1, 0.15) is 17.5 Å². The van der Waals surface area contributed by atoms with Crippen LogP contribution < -0.4 is 0 Å². The van der Waals surface area contributed by atoms with Gasteiger partial charge in [-0.25, -0.2) is 8.78 Å². The Labute approximate surface area is 172 Å². The summed E-state index contributed by atoms with van der Waals surface area (Å²) in [7, 11) is 0. The Bertz CT molecular complexity index is 888. The number of alkyl halides is 4. The van der Waals surface area contributed by atoms with E-state index < -0.39 is 72.3 Å². The molecule has 1 saturated heterocycles. The van der Waals surface area contributed by atoms with Crippen molar-refractivity contribution < 1.29 is 41.0 Å². The second kappa shape index (κ2) is 8.22. The van der Waals surface area contributed by atoms with Crippen LogP contribution in [0, 0.1) is 11.6 Å². The lowest BCUT2D eigenvalue weighted by atomic mass is 10.1. The molecular weight excluding hydrogens is 430 g/mol. The number of aliphatic hydroxyl groups is 1. The molecular formula is C20H16F6N2O3. The van der Waals surface area contributed by atoms with Crippen LogP contribution in [-0.2, 0) is 21.4 Å². The molecule has 166 valence electrons. The number of rotatable bonds is 6. The smallest absolute Gasteiger partial charge is 0.290 e. The molecule has 0 atom stereocenters. The number of benzene rings is 2. The quantitative estimate of drug-likeness (QED) is 0.548. The van der Waals surface area contributed by atoms with Crippen LogP contribution in [0.25, 0.3) is 0 Å². The maximum atomic E-state index is 14.6. The number of halogens is 6. The topological polar surface area (TPSA) is 60.9 Å². The Balaban J connectivity index is 1.81. The molecule has 2 amide bonds. The average molecular weight is 446 g/mol. The molecule has 0 bridgehead atoms. The Hall–Kier alpha value is -3.08. The van der Waals surface area contributed by atoms with Crippen LogP contribution in [0.2, 0.25) is 0 Å². The highest BCUT2D eigenvalue weighted by Gasteiger charge is 2.47. The zero-order valence-electron chi connectivity index (χ0n) is 15.7. The number of nitrogens with zero attached hydrogens (tertiary/aromatic N) is 2. The van der Waals surface area contributed by atoms with E-state index in [2.05, 4.69) is 0 Å². The minimum absolute atomic E-state index is 0.200. The molecule has 1 heterocycles. The molecule has 5 nitrogen and oxygen atoms in total. The normalized spacial score (nSPS) is 16.2. The fraction of sp³-hybridized carbons (Fsp3) is 0.300. The zero-order valence-corrected chi connectivity index (χ0v) is 15.7. The van der Waals surface area contributed by atoms with Gasteiger partial charge in [-0.1, -0.05) is 24.3 Å². The van der Waals surface area contributed by atoms with E-state index in [1.807, 2.05) is 0 Å². The van der Waals surface area contributed by atoms with Gasteiger partial charge in [-0.05, 0) is 24.3 Å². The fourth-order valence-electron chi connectivity index (χ4n) is 3.10. The van der Waals surface area contributed by atoms with Gasteiger partial charge < -0.3 is 5.11 Å². The third-order valence-electron chi connectivity index (χ3n) is 4.77. The Morgan fingerprint density at radius 1 is 0.742 bits per heavy atom. The molecule has 0 radical (unpaired) electrons. The maximum Gasteiger partial charge on any atom is 0.290 e. The highest BCUT2D eigenvalue weighted by Crippen LogP contribution is 2.34. The second-order valence-corrected chi connectivity index (χ2v) is 6.99. The summed E-state index contributed by atoms with van der Waals surface area (Å²) < 4.78 is 84.2.